The first kappa shape index (κ1) is 17.9. The van der Waals surface area contributed by atoms with E-state index in [0.29, 0.717) is 10.6 Å². The Balaban J connectivity index is 1.81. The van der Waals surface area contributed by atoms with Crippen molar-refractivity contribution in [2.24, 2.45) is 0 Å². The van der Waals surface area contributed by atoms with Gasteiger partial charge in [0.15, 0.2) is 0 Å². The summed E-state index contributed by atoms with van der Waals surface area (Å²) in [4.78, 5) is 24.8. The number of methoxy groups -OCH3 is 2. The van der Waals surface area contributed by atoms with E-state index in [1.165, 1.54) is 18.4 Å². The molecule has 5 nitrogen and oxygen atoms in total. The molecule has 0 fully saturated rings. The first-order valence-corrected chi connectivity index (χ1v) is 8.96. The zero-order valence-corrected chi connectivity index (χ0v) is 15.6. The second-order valence-electron chi connectivity index (χ2n) is 5.84. The number of benzene rings is 2. The lowest BCUT2D eigenvalue weighted by Gasteiger charge is -2.14. The number of carbonyl (C=O) groups excluding carboxylic acids is 2. The Labute approximate surface area is 155 Å². The second kappa shape index (κ2) is 7.58. The van der Waals surface area contributed by atoms with Gasteiger partial charge in [0.25, 0.3) is 0 Å². The van der Waals surface area contributed by atoms with Crippen molar-refractivity contribution in [3.8, 4) is 5.75 Å². The van der Waals surface area contributed by atoms with Gasteiger partial charge in [0.2, 0.25) is 5.91 Å². The van der Waals surface area contributed by atoms with E-state index in [4.69, 9.17) is 9.47 Å². The van der Waals surface area contributed by atoms with Gasteiger partial charge in [-0.1, -0.05) is 24.3 Å². The van der Waals surface area contributed by atoms with Gasteiger partial charge in [0.05, 0.1) is 25.8 Å². The number of rotatable bonds is 5. The van der Waals surface area contributed by atoms with E-state index in [1.54, 1.807) is 18.6 Å². The predicted molar refractivity (Wildman–Crippen MR) is 103 cm³/mol. The fraction of sp³-hybridized carbons (Fsp3) is 0.200. The summed E-state index contributed by atoms with van der Waals surface area (Å²) in [5.41, 5.74) is 1.37. The Morgan fingerprint density at radius 2 is 1.77 bits per heavy atom. The standard InChI is InChI=1S/C20H19NO4S/c1-12(19(22)21-17-8-9-26-18(17)20(23)25-3)13-4-5-15-11-16(24-2)7-6-14(15)10-13/h4-12H,1-3H3,(H,21,22)/t12-/m0/s1. The summed E-state index contributed by atoms with van der Waals surface area (Å²) in [6, 6.07) is 13.4. The summed E-state index contributed by atoms with van der Waals surface area (Å²) in [5.74, 6) is -0.209. The quantitative estimate of drug-likeness (QED) is 0.675. The van der Waals surface area contributed by atoms with Crippen LogP contribution >= 0.6 is 11.3 Å². The van der Waals surface area contributed by atoms with Crippen molar-refractivity contribution in [1.29, 1.82) is 0 Å². The van der Waals surface area contributed by atoms with Crippen molar-refractivity contribution < 1.29 is 19.1 Å². The van der Waals surface area contributed by atoms with Crippen LogP contribution in [0.4, 0.5) is 5.69 Å². The molecule has 0 saturated carbocycles. The number of fused-ring (bicyclic) bond motifs is 1. The third-order valence-corrected chi connectivity index (χ3v) is 5.15. The van der Waals surface area contributed by atoms with E-state index in [9.17, 15) is 9.59 Å². The Hall–Kier alpha value is -2.86. The number of amides is 1. The molecule has 134 valence electrons. The van der Waals surface area contributed by atoms with Crippen LogP contribution in [-0.2, 0) is 9.53 Å². The molecule has 0 spiro atoms. The van der Waals surface area contributed by atoms with Crippen LogP contribution in [0.5, 0.6) is 5.75 Å². The maximum absolute atomic E-state index is 12.6. The van der Waals surface area contributed by atoms with Gasteiger partial charge in [-0.2, -0.15) is 0 Å². The maximum Gasteiger partial charge on any atom is 0.350 e. The van der Waals surface area contributed by atoms with Crippen molar-refractivity contribution in [3.63, 3.8) is 0 Å². The van der Waals surface area contributed by atoms with E-state index in [0.717, 1.165) is 22.1 Å². The third kappa shape index (κ3) is 3.55. The third-order valence-electron chi connectivity index (χ3n) is 4.26. The minimum absolute atomic E-state index is 0.179. The number of carbonyl (C=O) groups is 2. The summed E-state index contributed by atoms with van der Waals surface area (Å²) >= 11 is 1.24. The average molecular weight is 369 g/mol. The van der Waals surface area contributed by atoms with E-state index >= 15 is 0 Å². The summed E-state index contributed by atoms with van der Waals surface area (Å²) in [7, 11) is 2.95. The number of hydrogen-bond acceptors (Lipinski definition) is 5. The van der Waals surface area contributed by atoms with Crippen molar-refractivity contribution in [3.05, 3.63) is 58.3 Å². The molecule has 1 heterocycles. The highest BCUT2D eigenvalue weighted by molar-refractivity contribution is 7.12. The molecule has 26 heavy (non-hydrogen) atoms. The van der Waals surface area contributed by atoms with Crippen LogP contribution in [0.1, 0.15) is 28.1 Å². The Bertz CT molecular complexity index is 963. The van der Waals surface area contributed by atoms with Crippen molar-refractivity contribution >= 4 is 39.7 Å². The van der Waals surface area contributed by atoms with Gasteiger partial charge < -0.3 is 14.8 Å². The minimum Gasteiger partial charge on any atom is -0.497 e. The number of esters is 1. The summed E-state index contributed by atoms with van der Waals surface area (Å²) in [5, 5.41) is 6.65. The fourth-order valence-corrected chi connectivity index (χ4v) is 3.46. The highest BCUT2D eigenvalue weighted by Crippen LogP contribution is 2.28. The van der Waals surface area contributed by atoms with Gasteiger partial charge in [-0.15, -0.1) is 11.3 Å². The molecule has 0 aliphatic carbocycles. The first-order chi connectivity index (χ1) is 12.5. The SMILES string of the molecule is COC(=O)c1sccc1NC(=O)[C@@H](C)c1ccc2cc(OC)ccc2c1. The van der Waals surface area contributed by atoms with Crippen LogP contribution in [0.2, 0.25) is 0 Å². The minimum atomic E-state index is -0.456. The highest BCUT2D eigenvalue weighted by atomic mass is 32.1. The molecular formula is C20H19NO4S. The highest BCUT2D eigenvalue weighted by Gasteiger charge is 2.20. The lowest BCUT2D eigenvalue weighted by molar-refractivity contribution is -0.117. The smallest absolute Gasteiger partial charge is 0.350 e. The molecule has 0 aliphatic rings. The number of nitrogens with one attached hydrogen (secondary N) is 1. The van der Waals surface area contributed by atoms with E-state index in [-0.39, 0.29) is 11.8 Å². The molecule has 1 N–H and O–H groups in total. The number of ether oxygens (including phenoxy) is 2. The Morgan fingerprint density at radius 3 is 2.50 bits per heavy atom. The zero-order valence-electron chi connectivity index (χ0n) is 14.7. The van der Waals surface area contributed by atoms with Gasteiger partial charge in [-0.3, -0.25) is 4.79 Å². The largest absolute Gasteiger partial charge is 0.497 e. The van der Waals surface area contributed by atoms with Gasteiger partial charge in [0, 0.05) is 0 Å². The molecular weight excluding hydrogens is 350 g/mol. The summed E-state index contributed by atoms with van der Waals surface area (Å²) < 4.78 is 9.97. The molecule has 0 bridgehead atoms. The van der Waals surface area contributed by atoms with Crippen LogP contribution in [0.15, 0.2) is 47.8 Å². The van der Waals surface area contributed by atoms with Gasteiger partial charge >= 0.3 is 5.97 Å². The Morgan fingerprint density at radius 1 is 1.04 bits per heavy atom. The van der Waals surface area contributed by atoms with E-state index in [2.05, 4.69) is 5.32 Å². The van der Waals surface area contributed by atoms with Crippen LogP contribution < -0.4 is 10.1 Å². The Kier molecular flexibility index (Phi) is 5.23. The molecule has 3 aromatic rings. The number of hydrogen-bond donors (Lipinski definition) is 1. The molecule has 0 aliphatic heterocycles. The van der Waals surface area contributed by atoms with Crippen molar-refractivity contribution in [1.82, 2.24) is 0 Å². The molecule has 1 amide bonds. The van der Waals surface area contributed by atoms with E-state index in [1.807, 2.05) is 43.3 Å². The lowest BCUT2D eigenvalue weighted by atomic mass is 9.97. The van der Waals surface area contributed by atoms with Gasteiger partial charge in [0.1, 0.15) is 10.6 Å². The van der Waals surface area contributed by atoms with Crippen molar-refractivity contribution in [2.45, 2.75) is 12.8 Å². The second-order valence-corrected chi connectivity index (χ2v) is 6.75. The van der Waals surface area contributed by atoms with E-state index < -0.39 is 5.97 Å². The van der Waals surface area contributed by atoms with Crippen LogP contribution in [0.25, 0.3) is 10.8 Å². The van der Waals surface area contributed by atoms with Crippen LogP contribution in [0, 0.1) is 0 Å². The first-order valence-electron chi connectivity index (χ1n) is 8.08. The molecule has 1 atom stereocenters. The van der Waals surface area contributed by atoms with Crippen LogP contribution in [0.3, 0.4) is 0 Å². The van der Waals surface area contributed by atoms with Gasteiger partial charge in [-0.05, 0) is 46.8 Å². The monoisotopic (exact) mass is 369 g/mol. The average Bonchev–Trinajstić information content (AvgIpc) is 3.13. The zero-order chi connectivity index (χ0) is 18.7. The lowest BCUT2D eigenvalue weighted by Crippen LogP contribution is -2.19. The maximum atomic E-state index is 12.6. The van der Waals surface area contributed by atoms with Gasteiger partial charge in [-0.25, -0.2) is 4.79 Å². The molecule has 3 rings (SSSR count). The molecule has 1 aromatic heterocycles. The summed E-state index contributed by atoms with van der Waals surface area (Å²) in [6.45, 7) is 1.84. The predicted octanol–water partition coefficient (Wildman–Crippen LogP) is 4.44. The normalized spacial score (nSPS) is 11.8. The number of thiophene rings is 1. The molecule has 6 heteroatoms. The fourth-order valence-electron chi connectivity index (χ4n) is 2.69. The molecule has 0 unspecified atom stereocenters. The topological polar surface area (TPSA) is 64.6 Å². The van der Waals surface area contributed by atoms with Crippen molar-refractivity contribution in [2.75, 3.05) is 19.5 Å². The molecule has 0 radical (unpaired) electrons. The van der Waals surface area contributed by atoms with Crippen LogP contribution in [-0.4, -0.2) is 26.1 Å². The summed E-state index contributed by atoms with van der Waals surface area (Å²) in [6.07, 6.45) is 0. The number of anilines is 1. The molecule has 2 aromatic carbocycles. The molecule has 0 saturated heterocycles.